The number of H-pyrrole nitrogens is 1. The number of nitrogens with zero attached hydrogens (tertiary/aromatic N) is 2. The lowest BCUT2D eigenvalue weighted by molar-refractivity contribution is -0.359. The molecule has 0 atom stereocenters. The Morgan fingerprint density at radius 2 is 0.895 bits per heavy atom. The Morgan fingerprint density at radius 3 is 1.70 bits per heavy atom. The van der Waals surface area contributed by atoms with E-state index in [0.717, 1.165) is 72.5 Å². The van der Waals surface area contributed by atoms with Gasteiger partial charge in [-0.05, 0) is 110 Å². The zero-order chi connectivity index (χ0) is 37.7. The number of rotatable bonds is 6. The van der Waals surface area contributed by atoms with Crippen LogP contribution in [-0.4, -0.2) is 9.97 Å². The second-order valence-electron chi connectivity index (χ2n) is 14.4. The van der Waals surface area contributed by atoms with Crippen molar-refractivity contribution in [1.82, 2.24) is 9.97 Å². The first-order valence-corrected chi connectivity index (χ1v) is 19.2. The molecule has 57 heavy (non-hydrogen) atoms. The summed E-state index contributed by atoms with van der Waals surface area (Å²) in [6.45, 7) is 0. The molecule has 0 radical (unpaired) electrons. The fraction of sp³-hybridized carbons (Fsp3) is 0. The number of benzene rings is 9. The number of aromatic amines is 1. The van der Waals surface area contributed by atoms with Crippen molar-refractivity contribution in [3.63, 3.8) is 0 Å². The minimum atomic E-state index is 0.620. The maximum Gasteiger partial charge on any atom is 0.309 e. The highest BCUT2D eigenvalue weighted by Gasteiger charge is 2.25. The quantitative estimate of drug-likeness (QED) is 0.160. The molecule has 4 nitrogen and oxygen atoms in total. The molecule has 11 aromatic rings. The Hall–Kier alpha value is -7.69. The van der Waals surface area contributed by atoms with Crippen LogP contribution in [0.1, 0.15) is 0 Å². The molecule has 11 rings (SSSR count). The highest BCUT2D eigenvalue weighted by atomic mass is 16.3. The average molecular weight is 729 g/mol. The summed E-state index contributed by atoms with van der Waals surface area (Å²) in [5, 5.41) is 7.02. The zero-order valence-corrected chi connectivity index (χ0v) is 30.9. The van der Waals surface area contributed by atoms with E-state index < -0.39 is 0 Å². The molecule has 1 N–H and O–H groups in total. The lowest BCUT2D eigenvalue weighted by Crippen LogP contribution is -2.17. The summed E-state index contributed by atoms with van der Waals surface area (Å²) in [7, 11) is 0. The molecule has 0 aliphatic rings. The molecule has 266 valence electrons. The third-order valence-corrected chi connectivity index (χ3v) is 11.0. The van der Waals surface area contributed by atoms with Crippen molar-refractivity contribution in [3.05, 3.63) is 200 Å². The van der Waals surface area contributed by atoms with Crippen molar-refractivity contribution in [2.45, 2.75) is 0 Å². The molecule has 0 aliphatic heterocycles. The molecule has 0 bridgehead atoms. The van der Waals surface area contributed by atoms with Crippen molar-refractivity contribution >= 4 is 43.5 Å². The van der Waals surface area contributed by atoms with Crippen LogP contribution in [0.4, 0.5) is 0 Å². The summed E-state index contributed by atoms with van der Waals surface area (Å²) in [5.41, 5.74) is 11.3. The Kier molecular flexibility index (Phi) is 7.78. The summed E-state index contributed by atoms with van der Waals surface area (Å²) in [6, 6.07) is 70.3. The summed E-state index contributed by atoms with van der Waals surface area (Å²) in [6.07, 6.45) is 0. The van der Waals surface area contributed by atoms with Crippen LogP contribution in [0.15, 0.2) is 205 Å². The van der Waals surface area contributed by atoms with E-state index in [1.807, 2.05) is 36.4 Å². The van der Waals surface area contributed by atoms with Crippen molar-refractivity contribution in [2.24, 2.45) is 0 Å². The summed E-state index contributed by atoms with van der Waals surface area (Å²) in [5.74, 6) is 2.10. The minimum Gasteiger partial charge on any atom is -0.456 e. The van der Waals surface area contributed by atoms with Gasteiger partial charge in [-0.15, -0.1) is 0 Å². The van der Waals surface area contributed by atoms with Gasteiger partial charge in [0.25, 0.3) is 11.6 Å². The van der Waals surface area contributed by atoms with Crippen LogP contribution in [0.25, 0.3) is 111 Å². The highest BCUT2D eigenvalue weighted by Crippen LogP contribution is 2.40. The van der Waals surface area contributed by atoms with Gasteiger partial charge in [-0.1, -0.05) is 156 Å². The molecule has 0 spiro atoms. The number of fused-ring (bicyclic) bond motifs is 6. The van der Waals surface area contributed by atoms with Gasteiger partial charge in [0.1, 0.15) is 11.2 Å². The van der Waals surface area contributed by atoms with Gasteiger partial charge in [0.2, 0.25) is 0 Å². The van der Waals surface area contributed by atoms with Gasteiger partial charge in [0.05, 0.1) is 16.7 Å². The van der Waals surface area contributed by atoms with E-state index in [-0.39, 0.29) is 0 Å². The number of hydrogen-bond acceptors (Lipinski definition) is 3. The van der Waals surface area contributed by atoms with E-state index in [9.17, 15) is 0 Å². The van der Waals surface area contributed by atoms with Gasteiger partial charge in [-0.3, -0.25) is 0 Å². The second kappa shape index (κ2) is 13.6. The largest absolute Gasteiger partial charge is 0.456 e. The molecule has 0 amide bonds. The SMILES string of the molecule is c1ccc(-c2nc(-c3cccc4oc5ccc(-c6cccc(-c7ccc8ccc9ccccc9c8c7)c6)cc5c34)nc(-c3ccccc3-c3ccccc3)[nH+]2)cc1. The van der Waals surface area contributed by atoms with E-state index in [0.29, 0.717) is 5.82 Å². The van der Waals surface area contributed by atoms with Crippen LogP contribution in [0.5, 0.6) is 0 Å². The third kappa shape index (κ3) is 5.83. The average Bonchev–Trinajstić information content (AvgIpc) is 3.68. The number of hydrogen-bond donors (Lipinski definition) is 0. The van der Waals surface area contributed by atoms with E-state index in [1.54, 1.807) is 0 Å². The Morgan fingerprint density at radius 1 is 0.333 bits per heavy atom. The molecule has 4 heteroatoms. The zero-order valence-electron chi connectivity index (χ0n) is 30.9. The Bertz CT molecular complexity index is 3300. The van der Waals surface area contributed by atoms with Crippen LogP contribution in [0.3, 0.4) is 0 Å². The first-order valence-electron chi connectivity index (χ1n) is 19.2. The van der Waals surface area contributed by atoms with E-state index in [2.05, 4.69) is 169 Å². The molecular formula is C53H34N3O+. The molecule has 0 aliphatic carbocycles. The lowest BCUT2D eigenvalue weighted by atomic mass is 9.94. The fourth-order valence-electron chi connectivity index (χ4n) is 8.20. The molecular weight excluding hydrogens is 695 g/mol. The lowest BCUT2D eigenvalue weighted by Gasteiger charge is -2.09. The Balaban J connectivity index is 1.06. The van der Waals surface area contributed by atoms with Crippen LogP contribution < -0.4 is 4.98 Å². The summed E-state index contributed by atoms with van der Waals surface area (Å²) < 4.78 is 6.52. The third-order valence-electron chi connectivity index (χ3n) is 11.0. The van der Waals surface area contributed by atoms with Gasteiger partial charge in [0, 0.05) is 10.8 Å². The summed E-state index contributed by atoms with van der Waals surface area (Å²) >= 11 is 0. The van der Waals surface area contributed by atoms with Crippen molar-refractivity contribution in [3.8, 4) is 67.5 Å². The molecule has 2 heterocycles. The maximum absolute atomic E-state index is 6.52. The number of nitrogens with one attached hydrogen (secondary N) is 1. The first kappa shape index (κ1) is 32.7. The molecule has 9 aromatic carbocycles. The second-order valence-corrected chi connectivity index (χ2v) is 14.4. The normalized spacial score (nSPS) is 11.5. The number of aromatic nitrogens is 3. The van der Waals surface area contributed by atoms with Crippen LogP contribution in [0, 0.1) is 0 Å². The van der Waals surface area contributed by atoms with E-state index in [1.165, 1.54) is 32.7 Å². The monoisotopic (exact) mass is 728 g/mol. The number of furan rings is 1. The van der Waals surface area contributed by atoms with Crippen molar-refractivity contribution < 1.29 is 9.40 Å². The Labute approximate surface area is 329 Å². The molecule has 0 saturated heterocycles. The maximum atomic E-state index is 6.52. The standard InChI is InChI=1S/C53H33N3O/c1-3-13-34(14-4-1)42-20-9-10-22-44(42)52-54-51(37-16-5-2-6-17-37)55-53(56-52)45-23-12-24-49-50(45)47-33-41(29-30-48(47)57-49)39-19-11-18-38(31-39)40-28-27-36-26-25-35-15-7-8-21-43(35)46(36)32-40/h1-33H/p+1. The molecule has 0 unspecified atom stereocenters. The topological polar surface area (TPSA) is 53.1 Å². The molecule has 2 aromatic heterocycles. The van der Waals surface area contributed by atoms with Gasteiger partial charge in [-0.2, -0.15) is 0 Å². The van der Waals surface area contributed by atoms with Gasteiger partial charge in [0.15, 0.2) is 0 Å². The van der Waals surface area contributed by atoms with Gasteiger partial charge in [-0.25, -0.2) is 4.98 Å². The predicted molar refractivity (Wildman–Crippen MR) is 233 cm³/mol. The van der Waals surface area contributed by atoms with Crippen molar-refractivity contribution in [1.29, 1.82) is 0 Å². The van der Waals surface area contributed by atoms with Gasteiger partial charge < -0.3 is 4.42 Å². The minimum absolute atomic E-state index is 0.620. The molecule has 0 fully saturated rings. The van der Waals surface area contributed by atoms with E-state index in [4.69, 9.17) is 14.4 Å². The fourth-order valence-corrected chi connectivity index (χ4v) is 8.20. The predicted octanol–water partition coefficient (Wildman–Crippen LogP) is 13.5. The van der Waals surface area contributed by atoms with Crippen molar-refractivity contribution in [2.75, 3.05) is 0 Å². The van der Waals surface area contributed by atoms with Crippen LogP contribution >= 0.6 is 0 Å². The van der Waals surface area contributed by atoms with Crippen LogP contribution in [0.2, 0.25) is 0 Å². The first-order chi connectivity index (χ1) is 28.2. The summed E-state index contributed by atoms with van der Waals surface area (Å²) in [4.78, 5) is 14.1. The molecule has 0 saturated carbocycles. The highest BCUT2D eigenvalue weighted by molar-refractivity contribution is 6.13. The van der Waals surface area contributed by atoms with Crippen LogP contribution in [-0.2, 0) is 0 Å². The van der Waals surface area contributed by atoms with E-state index >= 15 is 0 Å². The smallest absolute Gasteiger partial charge is 0.309 e. The van der Waals surface area contributed by atoms with Gasteiger partial charge >= 0.3 is 5.82 Å².